The molecule has 1 fully saturated rings. The Labute approximate surface area is 95.0 Å². The molecule has 0 aromatic heterocycles. The SMILES string of the molecule is CC(O)(c1ccccc1C=O)C1CCOC1. The maximum Gasteiger partial charge on any atom is 0.150 e. The summed E-state index contributed by atoms with van der Waals surface area (Å²) >= 11 is 0. The zero-order valence-electron chi connectivity index (χ0n) is 9.35. The van der Waals surface area contributed by atoms with Crippen molar-refractivity contribution in [1.82, 2.24) is 0 Å². The van der Waals surface area contributed by atoms with Gasteiger partial charge in [-0.15, -0.1) is 0 Å². The van der Waals surface area contributed by atoms with Crippen LogP contribution in [0.1, 0.15) is 29.3 Å². The van der Waals surface area contributed by atoms with E-state index >= 15 is 0 Å². The molecule has 1 heterocycles. The van der Waals surface area contributed by atoms with Crippen molar-refractivity contribution in [3.63, 3.8) is 0 Å². The van der Waals surface area contributed by atoms with Gasteiger partial charge in [0.1, 0.15) is 6.29 Å². The Hall–Kier alpha value is -1.19. The van der Waals surface area contributed by atoms with Crippen LogP contribution in [0.15, 0.2) is 24.3 Å². The lowest BCUT2D eigenvalue weighted by molar-refractivity contribution is -0.0102. The van der Waals surface area contributed by atoms with Crippen molar-refractivity contribution in [2.24, 2.45) is 5.92 Å². The summed E-state index contributed by atoms with van der Waals surface area (Å²) < 4.78 is 5.29. The van der Waals surface area contributed by atoms with Crippen molar-refractivity contribution in [3.8, 4) is 0 Å². The van der Waals surface area contributed by atoms with E-state index in [1.54, 1.807) is 19.1 Å². The van der Waals surface area contributed by atoms with E-state index in [2.05, 4.69) is 0 Å². The third-order valence-electron chi connectivity index (χ3n) is 3.36. The first kappa shape index (κ1) is 11.3. The van der Waals surface area contributed by atoms with Crippen LogP contribution >= 0.6 is 0 Å². The Kier molecular flexibility index (Phi) is 3.08. The molecule has 0 bridgehead atoms. The predicted octanol–water partition coefficient (Wildman–Crippen LogP) is 1.74. The minimum atomic E-state index is -0.992. The van der Waals surface area contributed by atoms with Gasteiger partial charge in [-0.2, -0.15) is 0 Å². The van der Waals surface area contributed by atoms with Crippen molar-refractivity contribution < 1.29 is 14.6 Å². The van der Waals surface area contributed by atoms with Crippen LogP contribution in [-0.2, 0) is 10.3 Å². The van der Waals surface area contributed by atoms with Gasteiger partial charge in [-0.05, 0) is 18.9 Å². The molecule has 1 aliphatic heterocycles. The topological polar surface area (TPSA) is 46.5 Å². The highest BCUT2D eigenvalue weighted by Crippen LogP contribution is 2.35. The average Bonchev–Trinajstić information content (AvgIpc) is 2.83. The summed E-state index contributed by atoms with van der Waals surface area (Å²) in [5, 5.41) is 10.6. The van der Waals surface area contributed by atoms with Crippen LogP contribution in [0.4, 0.5) is 0 Å². The van der Waals surface area contributed by atoms with Crippen LogP contribution in [0.5, 0.6) is 0 Å². The molecule has 0 saturated carbocycles. The molecule has 1 aliphatic rings. The van der Waals surface area contributed by atoms with Crippen molar-refractivity contribution in [2.45, 2.75) is 18.9 Å². The largest absolute Gasteiger partial charge is 0.385 e. The highest BCUT2D eigenvalue weighted by atomic mass is 16.5. The Balaban J connectivity index is 2.37. The summed E-state index contributed by atoms with van der Waals surface area (Å²) in [7, 11) is 0. The van der Waals surface area contributed by atoms with Crippen LogP contribution in [0.25, 0.3) is 0 Å². The second-order valence-electron chi connectivity index (χ2n) is 4.41. The lowest BCUT2D eigenvalue weighted by Crippen LogP contribution is -2.33. The van der Waals surface area contributed by atoms with Crippen molar-refractivity contribution in [1.29, 1.82) is 0 Å². The number of carbonyl (C=O) groups excluding carboxylic acids is 1. The van der Waals surface area contributed by atoms with E-state index in [9.17, 15) is 9.90 Å². The fourth-order valence-corrected chi connectivity index (χ4v) is 2.26. The lowest BCUT2D eigenvalue weighted by Gasteiger charge is -2.30. The number of hydrogen-bond acceptors (Lipinski definition) is 3. The lowest BCUT2D eigenvalue weighted by atomic mass is 9.80. The van der Waals surface area contributed by atoms with Gasteiger partial charge in [0.15, 0.2) is 0 Å². The van der Waals surface area contributed by atoms with E-state index in [-0.39, 0.29) is 5.92 Å². The normalized spacial score (nSPS) is 24.0. The Morgan fingerprint density at radius 2 is 2.25 bits per heavy atom. The van der Waals surface area contributed by atoms with Crippen LogP contribution in [-0.4, -0.2) is 24.6 Å². The second-order valence-corrected chi connectivity index (χ2v) is 4.41. The van der Waals surface area contributed by atoms with Crippen LogP contribution in [0.2, 0.25) is 0 Å². The monoisotopic (exact) mass is 220 g/mol. The first-order chi connectivity index (χ1) is 7.66. The summed E-state index contributed by atoms with van der Waals surface area (Å²) in [6, 6.07) is 7.18. The molecule has 3 heteroatoms. The van der Waals surface area contributed by atoms with Gasteiger partial charge in [0.2, 0.25) is 0 Å². The third kappa shape index (κ3) is 1.88. The van der Waals surface area contributed by atoms with Gasteiger partial charge in [0.05, 0.1) is 12.2 Å². The quantitative estimate of drug-likeness (QED) is 0.789. The van der Waals surface area contributed by atoms with Gasteiger partial charge >= 0.3 is 0 Å². The van der Waals surface area contributed by atoms with Crippen LogP contribution in [0.3, 0.4) is 0 Å². The van der Waals surface area contributed by atoms with Crippen LogP contribution < -0.4 is 0 Å². The molecule has 2 atom stereocenters. The maximum absolute atomic E-state index is 10.9. The summed E-state index contributed by atoms with van der Waals surface area (Å²) in [5.74, 6) is 0.0635. The number of benzene rings is 1. The zero-order valence-corrected chi connectivity index (χ0v) is 9.35. The molecule has 0 amide bonds. The van der Waals surface area contributed by atoms with Gasteiger partial charge in [0.25, 0.3) is 0 Å². The number of hydrogen-bond donors (Lipinski definition) is 1. The van der Waals surface area contributed by atoms with Crippen molar-refractivity contribution in [3.05, 3.63) is 35.4 Å². The maximum atomic E-state index is 10.9. The van der Waals surface area contributed by atoms with E-state index in [0.717, 1.165) is 12.7 Å². The van der Waals surface area contributed by atoms with Crippen LogP contribution in [0, 0.1) is 5.92 Å². The molecule has 2 unspecified atom stereocenters. The fourth-order valence-electron chi connectivity index (χ4n) is 2.26. The van der Waals surface area contributed by atoms with Gasteiger partial charge in [-0.3, -0.25) is 4.79 Å². The van der Waals surface area contributed by atoms with Crippen molar-refractivity contribution in [2.75, 3.05) is 13.2 Å². The summed E-state index contributed by atoms with van der Waals surface area (Å²) in [4.78, 5) is 10.9. The first-order valence-electron chi connectivity index (χ1n) is 5.51. The standard InChI is InChI=1S/C13H16O3/c1-13(15,11-6-7-16-9-11)12-5-3-2-4-10(12)8-14/h2-5,8,11,15H,6-7,9H2,1H3. The molecule has 16 heavy (non-hydrogen) atoms. The summed E-state index contributed by atoms with van der Waals surface area (Å²) in [6.07, 6.45) is 1.62. The summed E-state index contributed by atoms with van der Waals surface area (Å²) in [5.41, 5.74) is 0.258. The van der Waals surface area contributed by atoms with E-state index in [0.29, 0.717) is 24.3 Å². The Bertz CT molecular complexity index is 379. The van der Waals surface area contributed by atoms with Gasteiger partial charge in [-0.25, -0.2) is 0 Å². The van der Waals surface area contributed by atoms with E-state index in [1.807, 2.05) is 12.1 Å². The number of rotatable bonds is 3. The molecular formula is C13H16O3. The molecule has 3 nitrogen and oxygen atoms in total. The third-order valence-corrected chi connectivity index (χ3v) is 3.36. The molecule has 0 radical (unpaired) electrons. The second kappa shape index (κ2) is 4.36. The van der Waals surface area contributed by atoms with E-state index in [4.69, 9.17) is 4.74 Å². The highest BCUT2D eigenvalue weighted by Gasteiger charge is 2.37. The number of aldehydes is 1. The molecular weight excluding hydrogens is 204 g/mol. The highest BCUT2D eigenvalue weighted by molar-refractivity contribution is 5.77. The van der Waals surface area contributed by atoms with Gasteiger partial charge in [0, 0.05) is 18.1 Å². The molecule has 1 N–H and O–H groups in total. The van der Waals surface area contributed by atoms with E-state index < -0.39 is 5.60 Å². The average molecular weight is 220 g/mol. The van der Waals surface area contributed by atoms with Crippen molar-refractivity contribution >= 4 is 6.29 Å². The number of carbonyl (C=O) groups is 1. The molecule has 86 valence electrons. The molecule has 1 aromatic rings. The van der Waals surface area contributed by atoms with Gasteiger partial charge in [-0.1, -0.05) is 24.3 Å². The molecule has 1 saturated heterocycles. The molecule has 0 spiro atoms. The number of ether oxygens (including phenoxy) is 1. The Morgan fingerprint density at radius 3 is 2.88 bits per heavy atom. The smallest absolute Gasteiger partial charge is 0.150 e. The van der Waals surface area contributed by atoms with Gasteiger partial charge < -0.3 is 9.84 Å². The minimum Gasteiger partial charge on any atom is -0.385 e. The first-order valence-corrected chi connectivity index (χ1v) is 5.51. The zero-order chi connectivity index (χ0) is 11.6. The Morgan fingerprint density at radius 1 is 1.50 bits per heavy atom. The molecule has 0 aliphatic carbocycles. The predicted molar refractivity (Wildman–Crippen MR) is 60.3 cm³/mol. The minimum absolute atomic E-state index is 0.0635. The molecule has 1 aromatic carbocycles. The fraction of sp³-hybridized carbons (Fsp3) is 0.462. The summed E-state index contributed by atoms with van der Waals surface area (Å²) in [6.45, 7) is 3.00. The number of aliphatic hydroxyl groups is 1. The van der Waals surface area contributed by atoms with E-state index in [1.165, 1.54) is 0 Å². The molecule has 2 rings (SSSR count).